The molecule has 0 aliphatic heterocycles. The van der Waals surface area contributed by atoms with Gasteiger partial charge < -0.3 is 9.64 Å². The molecule has 0 heterocycles. The second-order valence-electron chi connectivity index (χ2n) is 3.80. The fourth-order valence-electron chi connectivity index (χ4n) is 1.57. The first-order valence-corrected chi connectivity index (χ1v) is 6.81. The molecule has 0 spiro atoms. The van der Waals surface area contributed by atoms with E-state index in [0.29, 0.717) is 28.8 Å². The van der Waals surface area contributed by atoms with Gasteiger partial charge in [0.1, 0.15) is 0 Å². The maximum Gasteiger partial charge on any atom is 0.270 e. The van der Waals surface area contributed by atoms with E-state index in [0.717, 1.165) is 0 Å². The van der Waals surface area contributed by atoms with Gasteiger partial charge in [-0.15, -0.1) is 0 Å². The summed E-state index contributed by atoms with van der Waals surface area (Å²) < 4.78 is 5.65. The van der Waals surface area contributed by atoms with Crippen molar-refractivity contribution in [1.29, 1.82) is 0 Å². The van der Waals surface area contributed by atoms with Crippen LogP contribution in [0.15, 0.2) is 18.2 Å². The van der Waals surface area contributed by atoms with Crippen LogP contribution in [0.4, 0.5) is 5.69 Å². The molecule has 1 aromatic rings. The van der Waals surface area contributed by atoms with E-state index in [1.165, 1.54) is 12.1 Å². The Morgan fingerprint density at radius 2 is 2.21 bits per heavy atom. The molecule has 19 heavy (non-hydrogen) atoms. The number of rotatable bonds is 6. The van der Waals surface area contributed by atoms with Crippen LogP contribution in [0.25, 0.3) is 0 Å². The monoisotopic (exact) mass is 378 g/mol. The molecule has 0 fully saturated rings. The number of likely N-dealkylation sites (N-methyl/N-ethyl adjacent to an activating group) is 1. The molecule has 0 atom stereocenters. The van der Waals surface area contributed by atoms with Crippen molar-refractivity contribution in [2.75, 3.05) is 26.8 Å². The van der Waals surface area contributed by atoms with Crippen LogP contribution in [0.3, 0.4) is 0 Å². The number of methoxy groups -OCH3 is 1. The summed E-state index contributed by atoms with van der Waals surface area (Å²) in [6.07, 6.45) is 0. The molecule has 0 aliphatic carbocycles. The Morgan fingerprint density at radius 1 is 1.53 bits per heavy atom. The van der Waals surface area contributed by atoms with Crippen LogP contribution in [0.5, 0.6) is 0 Å². The lowest BCUT2D eigenvalue weighted by Crippen LogP contribution is -2.34. The highest BCUT2D eigenvalue weighted by molar-refractivity contribution is 14.1. The van der Waals surface area contributed by atoms with E-state index in [1.807, 2.05) is 29.5 Å². The third-order valence-electron chi connectivity index (χ3n) is 2.63. The SMILES string of the molecule is CCN(CCOC)C(=O)c1cc([N+](=O)[O-])ccc1I. The first-order chi connectivity index (χ1) is 9.01. The predicted octanol–water partition coefficient (Wildman–Crippen LogP) is 2.31. The first kappa shape index (κ1) is 15.8. The zero-order chi connectivity index (χ0) is 14.4. The van der Waals surface area contributed by atoms with E-state index in [2.05, 4.69) is 0 Å². The van der Waals surface area contributed by atoms with Gasteiger partial charge in [0.2, 0.25) is 0 Å². The molecular weight excluding hydrogens is 363 g/mol. The Balaban J connectivity index is 3.02. The Labute approximate surface area is 125 Å². The zero-order valence-corrected chi connectivity index (χ0v) is 12.9. The van der Waals surface area contributed by atoms with Crippen molar-refractivity contribution in [1.82, 2.24) is 4.90 Å². The van der Waals surface area contributed by atoms with Gasteiger partial charge in [-0.3, -0.25) is 14.9 Å². The van der Waals surface area contributed by atoms with E-state index in [4.69, 9.17) is 4.74 Å². The topological polar surface area (TPSA) is 72.7 Å². The van der Waals surface area contributed by atoms with Gasteiger partial charge in [0.15, 0.2) is 0 Å². The molecule has 0 aromatic heterocycles. The number of benzene rings is 1. The van der Waals surface area contributed by atoms with Gasteiger partial charge >= 0.3 is 0 Å². The Bertz CT molecular complexity index is 479. The van der Waals surface area contributed by atoms with Crippen LogP contribution >= 0.6 is 22.6 Å². The molecule has 1 rings (SSSR count). The number of carbonyl (C=O) groups is 1. The fourth-order valence-corrected chi connectivity index (χ4v) is 2.13. The lowest BCUT2D eigenvalue weighted by Gasteiger charge is -2.20. The average Bonchev–Trinajstić information content (AvgIpc) is 2.39. The van der Waals surface area contributed by atoms with E-state index in [9.17, 15) is 14.9 Å². The number of hydrogen-bond donors (Lipinski definition) is 0. The zero-order valence-electron chi connectivity index (χ0n) is 10.8. The number of ether oxygens (including phenoxy) is 1. The molecule has 0 N–H and O–H groups in total. The highest BCUT2D eigenvalue weighted by Crippen LogP contribution is 2.21. The predicted molar refractivity (Wildman–Crippen MR) is 79.3 cm³/mol. The summed E-state index contributed by atoms with van der Waals surface area (Å²) in [7, 11) is 1.56. The molecule has 0 saturated heterocycles. The summed E-state index contributed by atoms with van der Waals surface area (Å²) in [6.45, 7) is 3.29. The van der Waals surface area contributed by atoms with Crippen molar-refractivity contribution in [2.45, 2.75) is 6.92 Å². The number of halogens is 1. The summed E-state index contributed by atoms with van der Waals surface area (Å²) >= 11 is 2.00. The number of nitro benzene ring substituents is 1. The molecule has 104 valence electrons. The first-order valence-electron chi connectivity index (χ1n) is 5.73. The largest absolute Gasteiger partial charge is 0.383 e. The van der Waals surface area contributed by atoms with Crippen LogP contribution in [0.1, 0.15) is 17.3 Å². The molecule has 0 unspecified atom stereocenters. The van der Waals surface area contributed by atoms with Gasteiger partial charge in [-0.1, -0.05) is 0 Å². The van der Waals surface area contributed by atoms with Crippen LogP contribution in [0.2, 0.25) is 0 Å². The van der Waals surface area contributed by atoms with Gasteiger partial charge in [0, 0.05) is 35.9 Å². The number of nitro groups is 1. The van der Waals surface area contributed by atoms with Crippen molar-refractivity contribution in [3.63, 3.8) is 0 Å². The normalized spacial score (nSPS) is 10.3. The molecule has 6 nitrogen and oxygen atoms in total. The van der Waals surface area contributed by atoms with E-state index < -0.39 is 4.92 Å². The van der Waals surface area contributed by atoms with Gasteiger partial charge in [0.05, 0.1) is 17.1 Å². The van der Waals surface area contributed by atoms with Gasteiger partial charge in [0.25, 0.3) is 11.6 Å². The quantitative estimate of drug-likeness (QED) is 0.433. The maximum absolute atomic E-state index is 12.3. The third-order valence-corrected chi connectivity index (χ3v) is 3.57. The number of non-ortho nitro benzene ring substituents is 1. The number of amides is 1. The second kappa shape index (κ2) is 7.39. The Kier molecular flexibility index (Phi) is 6.16. The van der Waals surface area contributed by atoms with Crippen molar-refractivity contribution in [3.8, 4) is 0 Å². The van der Waals surface area contributed by atoms with E-state index >= 15 is 0 Å². The second-order valence-corrected chi connectivity index (χ2v) is 4.96. The lowest BCUT2D eigenvalue weighted by molar-refractivity contribution is -0.384. The van der Waals surface area contributed by atoms with E-state index in [1.54, 1.807) is 18.1 Å². The molecular formula is C12H15IN2O4. The van der Waals surface area contributed by atoms with Gasteiger partial charge in [-0.2, -0.15) is 0 Å². The van der Waals surface area contributed by atoms with Crippen LogP contribution in [-0.4, -0.2) is 42.5 Å². The summed E-state index contributed by atoms with van der Waals surface area (Å²) in [5.74, 6) is -0.215. The van der Waals surface area contributed by atoms with Crippen molar-refractivity contribution >= 4 is 34.2 Å². The van der Waals surface area contributed by atoms with Crippen molar-refractivity contribution in [3.05, 3.63) is 37.4 Å². The van der Waals surface area contributed by atoms with Gasteiger partial charge in [-0.05, 0) is 35.6 Å². The highest BCUT2D eigenvalue weighted by Gasteiger charge is 2.19. The molecule has 0 aliphatic rings. The molecule has 1 aromatic carbocycles. The standard InChI is InChI=1S/C12H15IN2O4/c1-3-14(6-7-19-2)12(16)10-8-9(15(17)18)4-5-11(10)13/h4-5,8H,3,6-7H2,1-2H3. The maximum atomic E-state index is 12.3. The molecule has 0 bridgehead atoms. The molecule has 7 heteroatoms. The molecule has 0 radical (unpaired) electrons. The van der Waals surface area contributed by atoms with Crippen molar-refractivity contribution < 1.29 is 14.5 Å². The summed E-state index contributed by atoms with van der Waals surface area (Å²) in [5, 5.41) is 10.8. The van der Waals surface area contributed by atoms with Gasteiger partial charge in [-0.25, -0.2) is 0 Å². The van der Waals surface area contributed by atoms with Crippen LogP contribution < -0.4 is 0 Å². The lowest BCUT2D eigenvalue weighted by atomic mass is 10.1. The number of hydrogen-bond acceptors (Lipinski definition) is 4. The summed E-state index contributed by atoms with van der Waals surface area (Å²) in [6, 6.07) is 4.29. The van der Waals surface area contributed by atoms with Crippen LogP contribution in [-0.2, 0) is 4.74 Å². The van der Waals surface area contributed by atoms with E-state index in [-0.39, 0.29) is 11.6 Å². The smallest absolute Gasteiger partial charge is 0.270 e. The Hall–Kier alpha value is -1.22. The Morgan fingerprint density at radius 3 is 2.74 bits per heavy atom. The number of carbonyl (C=O) groups excluding carboxylic acids is 1. The molecule has 0 saturated carbocycles. The fraction of sp³-hybridized carbons (Fsp3) is 0.417. The summed E-state index contributed by atoms with van der Waals surface area (Å²) in [4.78, 5) is 24.2. The highest BCUT2D eigenvalue weighted by atomic mass is 127. The minimum atomic E-state index is -0.502. The van der Waals surface area contributed by atoms with Crippen LogP contribution in [0, 0.1) is 13.7 Å². The average molecular weight is 378 g/mol. The minimum absolute atomic E-state index is 0.0773. The molecule has 1 amide bonds. The minimum Gasteiger partial charge on any atom is -0.383 e. The summed E-state index contributed by atoms with van der Waals surface area (Å²) in [5.41, 5.74) is 0.277. The number of nitrogens with zero attached hydrogens (tertiary/aromatic N) is 2. The van der Waals surface area contributed by atoms with Crippen molar-refractivity contribution in [2.24, 2.45) is 0 Å². The third kappa shape index (κ3) is 4.13.